The minimum atomic E-state index is 0.141. The molecule has 2 atom stereocenters. The first kappa shape index (κ1) is 39.8. The van der Waals surface area contributed by atoms with E-state index in [9.17, 15) is 10.5 Å². The second-order valence-corrected chi connectivity index (χ2v) is 20.2. The van der Waals surface area contributed by atoms with Gasteiger partial charge in [0.25, 0.3) is 11.4 Å². The summed E-state index contributed by atoms with van der Waals surface area (Å²) >= 11 is 10.8. The first-order valence-electron chi connectivity index (χ1n) is 18.6. The molecule has 0 saturated carbocycles. The van der Waals surface area contributed by atoms with Crippen LogP contribution in [-0.2, 0) is 12.8 Å². The van der Waals surface area contributed by atoms with Gasteiger partial charge < -0.3 is 0 Å². The van der Waals surface area contributed by atoms with Gasteiger partial charge in [-0.05, 0) is 84.4 Å². The first-order valence-corrected chi connectivity index (χ1v) is 23.5. The Morgan fingerprint density at radius 3 is 1.19 bits per heavy atom. The molecule has 0 amide bonds. The number of allylic oxidation sites excluding steroid dienone is 2. The van der Waals surface area contributed by atoms with Gasteiger partial charge in [0.05, 0.1) is 25.3 Å². The van der Waals surface area contributed by atoms with Crippen LogP contribution in [0.15, 0.2) is 47.8 Å². The molecule has 0 radical (unpaired) electrons. The van der Waals surface area contributed by atoms with Gasteiger partial charge in [-0.2, -0.15) is 0 Å². The minimum Gasteiger partial charge on any atom is -0.227 e. The van der Waals surface area contributed by atoms with Crippen LogP contribution in [0, 0.1) is 47.6 Å². The van der Waals surface area contributed by atoms with Crippen LogP contribution in [0.2, 0.25) is 0 Å². The molecule has 0 aliphatic carbocycles. The molecular weight excluding hydrogens is 777 g/mol. The molecule has 6 aromatic rings. The van der Waals surface area contributed by atoms with Crippen molar-refractivity contribution >= 4 is 99.0 Å². The lowest BCUT2D eigenvalue weighted by atomic mass is 9.92. The van der Waals surface area contributed by atoms with E-state index in [0.717, 1.165) is 35.4 Å². The number of hydrogen-bond donors (Lipinski definition) is 0. The number of nitriles is 2. The van der Waals surface area contributed by atoms with E-state index in [0.29, 0.717) is 11.8 Å². The summed E-state index contributed by atoms with van der Waals surface area (Å²) in [7, 11) is 0. The van der Waals surface area contributed by atoms with Crippen LogP contribution >= 0.6 is 68.0 Å². The molecule has 0 saturated heterocycles. The van der Waals surface area contributed by atoms with Crippen molar-refractivity contribution < 1.29 is 0 Å². The standard InChI is InChI=1S/C44H42N4S6/c1-7-11-13-27(9-3)15-29-17-35(49-33(29)19-31(25-45)47-5)37-21-39-41(51-37)23-43(53-39)44-24-42-40(54-44)22-38(52-42)36-18-30(16-28(10-4)14-12-8-2)34(50-36)20-32(26-46)48-6/h17-24,27-28H,7-16H2,1-4H3/b31-19-,32-20+. The summed E-state index contributed by atoms with van der Waals surface area (Å²) in [6.07, 6.45) is 15.0. The van der Waals surface area contributed by atoms with Crippen LogP contribution < -0.4 is 0 Å². The summed E-state index contributed by atoms with van der Waals surface area (Å²) in [4.78, 5) is 16.5. The second kappa shape index (κ2) is 18.7. The zero-order valence-corrected chi connectivity index (χ0v) is 36.0. The van der Waals surface area contributed by atoms with Crippen LogP contribution in [-0.4, -0.2) is 0 Å². The number of nitrogens with zero attached hydrogens (tertiary/aromatic N) is 4. The maximum Gasteiger partial charge on any atom is 0.263 e. The Bertz CT molecular complexity index is 2210. The highest BCUT2D eigenvalue weighted by molar-refractivity contribution is 7.36. The van der Waals surface area contributed by atoms with E-state index in [1.807, 2.05) is 45.3 Å². The predicted octanol–water partition coefficient (Wildman–Crippen LogP) is 16.4. The zero-order valence-electron chi connectivity index (χ0n) is 31.1. The topological polar surface area (TPSA) is 56.3 Å². The number of hydrogen-bond acceptors (Lipinski definition) is 8. The first-order chi connectivity index (χ1) is 26.3. The summed E-state index contributed by atoms with van der Waals surface area (Å²) in [6, 6.07) is 18.0. The molecule has 0 aliphatic rings. The van der Waals surface area contributed by atoms with Gasteiger partial charge in [0.2, 0.25) is 0 Å². The van der Waals surface area contributed by atoms with E-state index in [-0.39, 0.29) is 11.4 Å². The Kier molecular flexibility index (Phi) is 13.8. The molecule has 10 heteroatoms. The fraction of sp³-hybridized carbons (Fsp3) is 0.364. The molecule has 0 aliphatic heterocycles. The van der Waals surface area contributed by atoms with Crippen LogP contribution in [0.4, 0.5) is 0 Å². The Morgan fingerprint density at radius 1 is 0.574 bits per heavy atom. The molecule has 4 nitrogen and oxygen atoms in total. The van der Waals surface area contributed by atoms with E-state index in [1.54, 1.807) is 34.8 Å². The van der Waals surface area contributed by atoms with Gasteiger partial charge in [-0.25, -0.2) is 20.2 Å². The number of fused-ring (bicyclic) bond motifs is 2. The van der Waals surface area contributed by atoms with Gasteiger partial charge in [-0.1, -0.05) is 79.1 Å². The van der Waals surface area contributed by atoms with Gasteiger partial charge in [0, 0.05) is 57.8 Å². The Hall–Kier alpha value is -3.84. The summed E-state index contributed by atoms with van der Waals surface area (Å²) < 4.78 is 5.15. The zero-order chi connectivity index (χ0) is 38.2. The average molecular weight is 819 g/mol. The maximum absolute atomic E-state index is 9.50. The van der Waals surface area contributed by atoms with E-state index in [4.69, 9.17) is 13.1 Å². The third-order valence-electron chi connectivity index (χ3n) is 9.94. The van der Waals surface area contributed by atoms with Gasteiger partial charge in [0.15, 0.2) is 0 Å². The van der Waals surface area contributed by atoms with Crippen molar-refractivity contribution in [2.45, 2.75) is 91.9 Å². The van der Waals surface area contributed by atoms with Gasteiger partial charge >= 0.3 is 0 Å². The molecule has 0 spiro atoms. The molecule has 0 fully saturated rings. The molecule has 6 heterocycles. The molecule has 2 unspecified atom stereocenters. The number of rotatable bonds is 17. The molecule has 54 heavy (non-hydrogen) atoms. The highest BCUT2D eigenvalue weighted by Crippen LogP contribution is 2.49. The monoisotopic (exact) mass is 818 g/mol. The lowest BCUT2D eigenvalue weighted by Crippen LogP contribution is -2.03. The molecule has 0 aromatic carbocycles. The summed E-state index contributed by atoms with van der Waals surface area (Å²) in [5.41, 5.74) is 2.79. The smallest absolute Gasteiger partial charge is 0.227 e. The Balaban J connectivity index is 1.25. The summed E-state index contributed by atoms with van der Waals surface area (Å²) in [5, 5.41) is 19.0. The highest BCUT2D eigenvalue weighted by Gasteiger charge is 2.20. The van der Waals surface area contributed by atoms with Crippen LogP contribution in [0.25, 0.3) is 69.9 Å². The van der Waals surface area contributed by atoms with Gasteiger partial charge in [-0.3, -0.25) is 0 Å². The highest BCUT2D eigenvalue weighted by atomic mass is 32.1. The number of unbranched alkanes of at least 4 members (excludes halogenated alkanes) is 2. The predicted molar refractivity (Wildman–Crippen MR) is 239 cm³/mol. The lowest BCUT2D eigenvalue weighted by Gasteiger charge is -2.14. The quantitative estimate of drug-likeness (QED) is 0.0680. The van der Waals surface area contributed by atoms with Crippen molar-refractivity contribution in [2.75, 3.05) is 0 Å². The van der Waals surface area contributed by atoms with Gasteiger partial charge in [-0.15, -0.1) is 68.0 Å². The third-order valence-corrected chi connectivity index (χ3v) is 17.4. The van der Waals surface area contributed by atoms with Crippen molar-refractivity contribution in [2.24, 2.45) is 11.8 Å². The van der Waals surface area contributed by atoms with E-state index in [1.165, 1.54) is 97.7 Å². The molecule has 0 bridgehead atoms. The SMILES string of the molecule is [C-]#[N+]/C(C#N)=C\c1sc(-c2cc3sc(-c4cc5sc(-c6cc(CC(CC)CCCC)c(/C=C(\C#N)[N+]#[C-])s6)cc5s4)cc3s2)cc1CC(CC)CCCC. The number of thiophene rings is 6. The van der Waals surface area contributed by atoms with Crippen LogP contribution in [0.5, 0.6) is 0 Å². The molecule has 6 rings (SSSR count). The van der Waals surface area contributed by atoms with Gasteiger partial charge in [0.1, 0.15) is 0 Å². The van der Waals surface area contributed by atoms with Crippen molar-refractivity contribution in [3.05, 3.63) is 91.5 Å². The fourth-order valence-corrected chi connectivity index (χ4v) is 14.1. The fourth-order valence-electron chi connectivity index (χ4n) is 6.79. The minimum absolute atomic E-state index is 0.141. The van der Waals surface area contributed by atoms with Crippen molar-refractivity contribution in [1.29, 1.82) is 10.5 Å². The lowest BCUT2D eigenvalue weighted by molar-refractivity contribution is 0.449. The molecule has 0 N–H and O–H groups in total. The Morgan fingerprint density at radius 2 is 0.907 bits per heavy atom. The van der Waals surface area contributed by atoms with E-state index >= 15 is 0 Å². The maximum atomic E-state index is 9.50. The third kappa shape index (κ3) is 9.16. The van der Waals surface area contributed by atoms with Crippen LogP contribution in [0.3, 0.4) is 0 Å². The van der Waals surface area contributed by atoms with Crippen LogP contribution in [0.1, 0.15) is 99.9 Å². The second-order valence-electron chi connectivity index (χ2n) is 13.6. The largest absolute Gasteiger partial charge is 0.263 e. The summed E-state index contributed by atoms with van der Waals surface area (Å²) in [5.74, 6) is 1.20. The normalized spacial score (nSPS) is 13.2. The van der Waals surface area contributed by atoms with Crippen molar-refractivity contribution in [3.63, 3.8) is 0 Å². The summed E-state index contributed by atoms with van der Waals surface area (Å²) in [6.45, 7) is 23.9. The van der Waals surface area contributed by atoms with Crippen molar-refractivity contribution in [3.8, 4) is 41.4 Å². The van der Waals surface area contributed by atoms with E-state index in [2.05, 4.69) is 85.9 Å². The molecule has 6 aromatic heterocycles. The van der Waals surface area contributed by atoms with E-state index < -0.39 is 0 Å². The van der Waals surface area contributed by atoms with Crippen molar-refractivity contribution in [1.82, 2.24) is 0 Å². The molecular formula is C44H42N4S6. The average Bonchev–Trinajstić information content (AvgIpc) is 4.03. The Labute approximate surface area is 343 Å². The molecule has 274 valence electrons.